The van der Waals surface area contributed by atoms with Gasteiger partial charge in [-0.05, 0) is 6.55 Å². The Balaban J connectivity index is 4.40. The summed E-state index contributed by atoms with van der Waals surface area (Å²) in [7, 11) is 0. The van der Waals surface area contributed by atoms with E-state index in [-0.39, 0.29) is 9.15 Å². The number of rotatable bonds is 1. The van der Waals surface area contributed by atoms with Gasteiger partial charge in [-0.25, -0.2) is 0 Å². The van der Waals surface area contributed by atoms with Gasteiger partial charge in [-0.15, -0.1) is 22.2 Å². The summed E-state index contributed by atoms with van der Waals surface area (Å²) in [6, 6.07) is 0. The molecule has 0 aromatic carbocycles. The van der Waals surface area contributed by atoms with E-state index in [4.69, 9.17) is 57.0 Å². The average molecular weight is 244 g/mol. The van der Waals surface area contributed by atoms with Gasteiger partial charge >= 0.3 is 0 Å². The van der Waals surface area contributed by atoms with Gasteiger partial charge in [0.05, 0.1) is 4.66 Å². The highest BCUT2D eigenvalue weighted by molar-refractivity contribution is 7.50. The highest BCUT2D eigenvalue weighted by atomic mass is 35.7. The molecular weight excluding hydrogens is 241 g/mol. The van der Waals surface area contributed by atoms with Crippen molar-refractivity contribution in [3.63, 3.8) is 0 Å². The monoisotopic (exact) mass is 242 g/mol. The largest absolute Gasteiger partial charge is 0.291 e. The molecule has 0 bridgehead atoms. The molecule has 0 amide bonds. The van der Waals surface area contributed by atoms with Crippen LogP contribution in [0.15, 0.2) is 9.15 Å². The standard InChI is InChI=1S/C3H3Cl5Si/c1-9(7,8)3(6)2(4)5/h1H3. The minimum atomic E-state index is -2.50. The van der Waals surface area contributed by atoms with Crippen molar-refractivity contribution in [2.24, 2.45) is 0 Å². The van der Waals surface area contributed by atoms with Gasteiger partial charge in [0.1, 0.15) is 4.49 Å². The van der Waals surface area contributed by atoms with Gasteiger partial charge in [0, 0.05) is 0 Å². The lowest BCUT2D eigenvalue weighted by Crippen LogP contribution is -2.13. The summed E-state index contributed by atoms with van der Waals surface area (Å²) in [6.07, 6.45) is 0. The van der Waals surface area contributed by atoms with Crippen LogP contribution in [-0.2, 0) is 0 Å². The quantitative estimate of drug-likeness (QED) is 0.484. The Morgan fingerprint density at radius 2 is 1.44 bits per heavy atom. The predicted octanol–water partition coefficient (Wildman–Crippen LogP) is 3.96. The first-order valence-electron chi connectivity index (χ1n) is 1.94. The Hall–Kier alpha value is 1.41. The average Bonchev–Trinajstić information content (AvgIpc) is 1.62. The van der Waals surface area contributed by atoms with Crippen molar-refractivity contribution in [2.75, 3.05) is 0 Å². The minimum absolute atomic E-state index is 0.0455. The Labute approximate surface area is 79.1 Å². The second-order valence-corrected chi connectivity index (χ2v) is 10.5. The SMILES string of the molecule is C[Si](Cl)(Cl)C(Cl)=C(Cl)Cl. The summed E-state index contributed by atoms with van der Waals surface area (Å²) in [5.74, 6) is 0. The van der Waals surface area contributed by atoms with E-state index in [0.29, 0.717) is 0 Å². The van der Waals surface area contributed by atoms with Crippen LogP contribution >= 0.6 is 57.0 Å². The van der Waals surface area contributed by atoms with Gasteiger partial charge in [-0.3, -0.25) is 0 Å². The van der Waals surface area contributed by atoms with Crippen LogP contribution in [0, 0.1) is 0 Å². The fraction of sp³-hybridized carbons (Fsp3) is 0.333. The second kappa shape index (κ2) is 3.70. The molecule has 0 aliphatic heterocycles. The maximum Gasteiger partial charge on any atom is 0.291 e. The number of halogens is 5. The molecule has 0 nitrogen and oxygen atoms in total. The Morgan fingerprint density at radius 1 is 1.11 bits per heavy atom. The first-order chi connectivity index (χ1) is 3.85. The molecule has 0 saturated heterocycles. The third kappa shape index (κ3) is 3.97. The van der Waals surface area contributed by atoms with E-state index in [0.717, 1.165) is 0 Å². The van der Waals surface area contributed by atoms with Crippen LogP contribution < -0.4 is 0 Å². The highest BCUT2D eigenvalue weighted by Crippen LogP contribution is 2.32. The highest BCUT2D eigenvalue weighted by Gasteiger charge is 2.27. The van der Waals surface area contributed by atoms with Crippen LogP contribution in [0.1, 0.15) is 0 Å². The van der Waals surface area contributed by atoms with Gasteiger partial charge in [0.25, 0.3) is 6.69 Å². The predicted molar refractivity (Wildman–Crippen MR) is 47.9 cm³/mol. The van der Waals surface area contributed by atoms with Crippen molar-refractivity contribution in [1.29, 1.82) is 0 Å². The van der Waals surface area contributed by atoms with E-state index in [1.807, 2.05) is 0 Å². The summed E-state index contributed by atoms with van der Waals surface area (Å²) in [6.45, 7) is -0.884. The normalized spacial score (nSPS) is 11.3. The first-order valence-corrected chi connectivity index (χ1v) is 7.60. The van der Waals surface area contributed by atoms with Crippen LogP contribution in [-0.4, -0.2) is 6.69 Å². The van der Waals surface area contributed by atoms with Crippen molar-refractivity contribution in [3.8, 4) is 0 Å². The number of hydrogen-bond acceptors (Lipinski definition) is 0. The fourth-order valence-corrected chi connectivity index (χ4v) is 2.78. The molecule has 0 heterocycles. The molecule has 0 aromatic heterocycles. The topological polar surface area (TPSA) is 0 Å². The van der Waals surface area contributed by atoms with Crippen LogP contribution in [0.25, 0.3) is 0 Å². The molecule has 0 rings (SSSR count). The minimum Gasteiger partial charge on any atom is -0.139 e. The summed E-state index contributed by atoms with van der Waals surface area (Å²) in [5.41, 5.74) is 0. The van der Waals surface area contributed by atoms with E-state index in [2.05, 4.69) is 0 Å². The Kier molecular flexibility index (Phi) is 4.28. The Morgan fingerprint density at radius 3 is 1.44 bits per heavy atom. The van der Waals surface area contributed by atoms with Crippen molar-refractivity contribution in [3.05, 3.63) is 9.15 Å². The molecule has 0 atom stereocenters. The van der Waals surface area contributed by atoms with Gasteiger partial charge in [0.15, 0.2) is 0 Å². The molecule has 0 aromatic rings. The summed E-state index contributed by atoms with van der Waals surface area (Å²) >= 11 is 27.3. The zero-order valence-corrected chi connectivity index (χ0v) is 9.17. The van der Waals surface area contributed by atoms with E-state index < -0.39 is 6.69 Å². The maximum atomic E-state index is 5.62. The molecule has 0 fully saturated rings. The third-order valence-corrected chi connectivity index (χ3v) is 5.50. The van der Waals surface area contributed by atoms with Crippen molar-refractivity contribution in [2.45, 2.75) is 6.55 Å². The molecule has 0 spiro atoms. The summed E-state index contributed by atoms with van der Waals surface area (Å²) in [5, 5.41) is 0. The van der Waals surface area contributed by atoms with Gasteiger partial charge in [-0.1, -0.05) is 34.8 Å². The van der Waals surface area contributed by atoms with Crippen LogP contribution in [0.3, 0.4) is 0 Å². The molecule has 0 saturated carbocycles. The van der Waals surface area contributed by atoms with Crippen molar-refractivity contribution >= 4 is 63.7 Å². The molecule has 9 heavy (non-hydrogen) atoms. The smallest absolute Gasteiger partial charge is 0.139 e. The van der Waals surface area contributed by atoms with Crippen molar-refractivity contribution in [1.82, 2.24) is 0 Å². The van der Waals surface area contributed by atoms with E-state index in [1.54, 1.807) is 6.55 Å². The van der Waals surface area contributed by atoms with Gasteiger partial charge < -0.3 is 0 Å². The molecule has 0 radical (unpaired) electrons. The Bertz CT molecular complexity index is 130. The molecule has 0 N–H and O–H groups in total. The molecule has 0 unspecified atom stereocenters. The fourth-order valence-electron chi connectivity index (χ4n) is 0.166. The van der Waals surface area contributed by atoms with E-state index in [1.165, 1.54) is 0 Å². The van der Waals surface area contributed by atoms with Crippen molar-refractivity contribution < 1.29 is 0 Å². The number of hydrogen-bond donors (Lipinski definition) is 0. The van der Waals surface area contributed by atoms with E-state index >= 15 is 0 Å². The lowest BCUT2D eigenvalue weighted by atomic mass is 11.2. The third-order valence-electron chi connectivity index (χ3n) is 0.551. The van der Waals surface area contributed by atoms with Crippen LogP contribution in [0.4, 0.5) is 0 Å². The lowest BCUT2D eigenvalue weighted by molar-refractivity contribution is 2.07. The molecule has 6 heteroatoms. The van der Waals surface area contributed by atoms with E-state index in [9.17, 15) is 0 Å². The maximum absolute atomic E-state index is 5.62. The zero-order valence-electron chi connectivity index (χ0n) is 4.39. The molecule has 0 aliphatic rings. The van der Waals surface area contributed by atoms with Crippen LogP contribution in [0.5, 0.6) is 0 Å². The zero-order chi connectivity index (χ0) is 7.65. The van der Waals surface area contributed by atoms with Crippen LogP contribution in [0.2, 0.25) is 6.55 Å². The molecular formula is C3H3Cl5Si. The molecule has 54 valence electrons. The second-order valence-electron chi connectivity index (χ2n) is 1.46. The summed E-state index contributed by atoms with van der Waals surface area (Å²) in [4.78, 5) is 0. The molecule has 0 aliphatic carbocycles. The summed E-state index contributed by atoms with van der Waals surface area (Å²) < 4.78 is 0.130. The van der Waals surface area contributed by atoms with Gasteiger partial charge in [-0.2, -0.15) is 0 Å². The first kappa shape index (κ1) is 10.4. The lowest BCUT2D eigenvalue weighted by Gasteiger charge is -2.07. The van der Waals surface area contributed by atoms with Gasteiger partial charge in [0.2, 0.25) is 0 Å².